The number of rotatable bonds is 6. The first-order chi connectivity index (χ1) is 26.3. The van der Waals surface area contributed by atoms with Crippen LogP contribution in [0.1, 0.15) is 0 Å². The SMILES string of the molecule is c1ccc(-c2cccc(N(c3ccc(-c4ccc5ccccc5c4)cc3)c3ccc(-c4cccc5c4ccc4ccc6ccccc6c45)cc3)c2)cc1. The summed E-state index contributed by atoms with van der Waals surface area (Å²) in [6.07, 6.45) is 0. The van der Waals surface area contributed by atoms with Crippen LogP contribution in [0.4, 0.5) is 17.1 Å². The Balaban J connectivity index is 1.07. The Labute approximate surface area is 309 Å². The molecule has 0 aromatic heterocycles. The maximum absolute atomic E-state index is 2.36. The Bertz CT molecular complexity index is 2920. The van der Waals surface area contributed by atoms with Gasteiger partial charge in [-0.25, -0.2) is 0 Å². The number of benzene rings is 10. The largest absolute Gasteiger partial charge is 0.310 e. The van der Waals surface area contributed by atoms with Crippen LogP contribution >= 0.6 is 0 Å². The molecule has 0 N–H and O–H groups in total. The average Bonchev–Trinajstić information content (AvgIpc) is 3.24. The van der Waals surface area contributed by atoms with Crippen LogP contribution in [0.2, 0.25) is 0 Å². The van der Waals surface area contributed by atoms with Crippen LogP contribution in [0.25, 0.3) is 76.5 Å². The van der Waals surface area contributed by atoms with Gasteiger partial charge in [-0.2, -0.15) is 0 Å². The van der Waals surface area contributed by atoms with E-state index in [1.807, 2.05) is 0 Å². The van der Waals surface area contributed by atoms with Crippen LogP contribution in [0, 0.1) is 0 Å². The van der Waals surface area contributed by atoms with Crippen molar-refractivity contribution in [3.05, 3.63) is 212 Å². The fourth-order valence-electron chi connectivity index (χ4n) is 7.98. The monoisotopic (exact) mass is 673 g/mol. The highest BCUT2D eigenvalue weighted by Crippen LogP contribution is 2.41. The van der Waals surface area contributed by atoms with Gasteiger partial charge in [-0.15, -0.1) is 0 Å². The minimum Gasteiger partial charge on any atom is -0.310 e. The summed E-state index contributed by atoms with van der Waals surface area (Å²) < 4.78 is 0. The van der Waals surface area contributed by atoms with E-state index in [0.29, 0.717) is 0 Å². The third-order valence-corrected chi connectivity index (χ3v) is 10.6. The van der Waals surface area contributed by atoms with Crippen molar-refractivity contribution in [2.75, 3.05) is 4.90 Å². The van der Waals surface area contributed by atoms with E-state index in [1.165, 1.54) is 76.5 Å². The van der Waals surface area contributed by atoms with Gasteiger partial charge in [0.1, 0.15) is 0 Å². The number of fused-ring (bicyclic) bond motifs is 6. The molecular formula is C52H35N. The van der Waals surface area contributed by atoms with Gasteiger partial charge in [0.05, 0.1) is 0 Å². The molecule has 0 aliphatic heterocycles. The van der Waals surface area contributed by atoms with Crippen LogP contribution in [0.5, 0.6) is 0 Å². The number of anilines is 3. The van der Waals surface area contributed by atoms with Crippen molar-refractivity contribution in [3.8, 4) is 33.4 Å². The van der Waals surface area contributed by atoms with E-state index >= 15 is 0 Å². The van der Waals surface area contributed by atoms with Gasteiger partial charge in [0, 0.05) is 17.1 Å². The molecule has 0 saturated heterocycles. The number of nitrogens with zero attached hydrogens (tertiary/aromatic N) is 1. The molecule has 0 unspecified atom stereocenters. The zero-order valence-electron chi connectivity index (χ0n) is 29.2. The fourth-order valence-corrected chi connectivity index (χ4v) is 7.98. The van der Waals surface area contributed by atoms with Gasteiger partial charge in [-0.05, 0) is 119 Å². The quantitative estimate of drug-likeness (QED) is 0.159. The van der Waals surface area contributed by atoms with E-state index in [-0.39, 0.29) is 0 Å². The third-order valence-electron chi connectivity index (χ3n) is 10.6. The normalized spacial score (nSPS) is 11.4. The second-order valence-corrected chi connectivity index (χ2v) is 13.8. The summed E-state index contributed by atoms with van der Waals surface area (Å²) in [6.45, 7) is 0. The minimum absolute atomic E-state index is 1.11. The van der Waals surface area contributed by atoms with Gasteiger partial charge in [-0.3, -0.25) is 0 Å². The summed E-state index contributed by atoms with van der Waals surface area (Å²) in [7, 11) is 0. The van der Waals surface area contributed by atoms with Crippen molar-refractivity contribution >= 4 is 60.2 Å². The van der Waals surface area contributed by atoms with Crippen molar-refractivity contribution in [1.29, 1.82) is 0 Å². The summed E-state index contributed by atoms with van der Waals surface area (Å²) in [4.78, 5) is 2.36. The molecule has 53 heavy (non-hydrogen) atoms. The molecule has 0 radical (unpaired) electrons. The Hall–Kier alpha value is -6.96. The summed E-state index contributed by atoms with van der Waals surface area (Å²) in [6, 6.07) is 77.2. The highest BCUT2D eigenvalue weighted by atomic mass is 15.1. The van der Waals surface area contributed by atoms with Gasteiger partial charge >= 0.3 is 0 Å². The van der Waals surface area contributed by atoms with Crippen LogP contribution in [0.15, 0.2) is 212 Å². The van der Waals surface area contributed by atoms with Crippen molar-refractivity contribution in [2.24, 2.45) is 0 Å². The molecule has 0 aliphatic carbocycles. The maximum atomic E-state index is 2.36. The smallest absolute Gasteiger partial charge is 0.0467 e. The average molecular weight is 674 g/mol. The van der Waals surface area contributed by atoms with Crippen LogP contribution in [-0.4, -0.2) is 0 Å². The van der Waals surface area contributed by atoms with Gasteiger partial charge in [0.2, 0.25) is 0 Å². The topological polar surface area (TPSA) is 3.24 Å². The van der Waals surface area contributed by atoms with Crippen molar-refractivity contribution < 1.29 is 0 Å². The highest BCUT2D eigenvalue weighted by molar-refractivity contribution is 6.22. The molecular weight excluding hydrogens is 639 g/mol. The fraction of sp³-hybridized carbons (Fsp3) is 0. The number of hydrogen-bond acceptors (Lipinski definition) is 1. The summed E-state index contributed by atoms with van der Waals surface area (Å²) in [5.74, 6) is 0. The Morgan fingerprint density at radius 2 is 0.792 bits per heavy atom. The molecule has 0 aliphatic rings. The lowest BCUT2D eigenvalue weighted by Gasteiger charge is -2.26. The van der Waals surface area contributed by atoms with Crippen molar-refractivity contribution in [2.45, 2.75) is 0 Å². The summed E-state index contributed by atoms with van der Waals surface area (Å²) in [5.41, 5.74) is 10.6. The van der Waals surface area contributed by atoms with E-state index < -0.39 is 0 Å². The molecule has 10 aromatic rings. The third kappa shape index (κ3) is 5.60. The van der Waals surface area contributed by atoms with E-state index in [9.17, 15) is 0 Å². The first-order valence-corrected chi connectivity index (χ1v) is 18.3. The van der Waals surface area contributed by atoms with Crippen LogP contribution in [0.3, 0.4) is 0 Å². The molecule has 10 rings (SSSR count). The van der Waals surface area contributed by atoms with Gasteiger partial charge in [0.25, 0.3) is 0 Å². The van der Waals surface area contributed by atoms with E-state index in [4.69, 9.17) is 0 Å². The van der Waals surface area contributed by atoms with E-state index in [0.717, 1.165) is 17.1 Å². The number of hydrogen-bond donors (Lipinski definition) is 0. The zero-order chi connectivity index (χ0) is 35.1. The molecule has 0 saturated carbocycles. The van der Waals surface area contributed by atoms with E-state index in [2.05, 4.69) is 217 Å². The molecule has 0 amide bonds. The zero-order valence-corrected chi connectivity index (χ0v) is 29.2. The van der Waals surface area contributed by atoms with E-state index in [1.54, 1.807) is 0 Å². The molecule has 0 heterocycles. The minimum atomic E-state index is 1.11. The Morgan fingerprint density at radius 3 is 1.60 bits per heavy atom. The summed E-state index contributed by atoms with van der Waals surface area (Å²) in [5, 5.41) is 10.2. The molecule has 0 atom stereocenters. The molecule has 0 fully saturated rings. The van der Waals surface area contributed by atoms with Crippen molar-refractivity contribution in [1.82, 2.24) is 0 Å². The first kappa shape index (κ1) is 30.8. The molecule has 0 spiro atoms. The lowest BCUT2D eigenvalue weighted by molar-refractivity contribution is 1.28. The second-order valence-electron chi connectivity index (χ2n) is 13.8. The lowest BCUT2D eigenvalue weighted by atomic mass is 9.92. The van der Waals surface area contributed by atoms with Gasteiger partial charge in [0.15, 0.2) is 0 Å². The molecule has 1 nitrogen and oxygen atoms in total. The van der Waals surface area contributed by atoms with Crippen molar-refractivity contribution in [3.63, 3.8) is 0 Å². The molecule has 248 valence electrons. The maximum Gasteiger partial charge on any atom is 0.0467 e. The molecule has 1 heteroatoms. The van der Waals surface area contributed by atoms with Crippen LogP contribution in [-0.2, 0) is 0 Å². The second kappa shape index (κ2) is 13.0. The highest BCUT2D eigenvalue weighted by Gasteiger charge is 2.16. The summed E-state index contributed by atoms with van der Waals surface area (Å²) >= 11 is 0. The molecule has 10 aromatic carbocycles. The standard InChI is InChI=1S/C52H35N/c1-2-10-36(11-3-1)43-15-8-16-47(35-43)53(45-29-24-38(25-30-45)44-23-20-37-12-4-5-14-42(37)34-44)46-31-26-40(27-32-46)48-18-9-19-51-50(48)33-28-41-22-21-39-13-6-7-17-49(39)52(41)51/h1-35H. The Kier molecular flexibility index (Phi) is 7.55. The van der Waals surface area contributed by atoms with Gasteiger partial charge in [-0.1, -0.05) is 170 Å². The molecule has 0 bridgehead atoms. The first-order valence-electron chi connectivity index (χ1n) is 18.3. The van der Waals surface area contributed by atoms with Crippen LogP contribution < -0.4 is 4.90 Å². The Morgan fingerprint density at radius 1 is 0.245 bits per heavy atom. The lowest BCUT2D eigenvalue weighted by Crippen LogP contribution is -2.10. The predicted octanol–water partition coefficient (Wildman–Crippen LogP) is 14.8. The van der Waals surface area contributed by atoms with Gasteiger partial charge < -0.3 is 4.90 Å². The predicted molar refractivity (Wildman–Crippen MR) is 227 cm³/mol.